The van der Waals surface area contributed by atoms with Crippen LogP contribution in [0.2, 0.25) is 0 Å². The Bertz CT molecular complexity index is 1800. The lowest BCUT2D eigenvalue weighted by atomic mass is 10.1. The van der Waals surface area contributed by atoms with Crippen LogP contribution in [0.4, 0.5) is 19.3 Å². The van der Waals surface area contributed by atoms with Crippen LogP contribution in [0.3, 0.4) is 0 Å². The molecule has 5 aromatic rings. The summed E-state index contributed by atoms with van der Waals surface area (Å²) in [5, 5.41) is 0.467. The fourth-order valence-electron chi connectivity index (χ4n) is 4.41. The molecule has 0 radical (unpaired) electrons. The molecule has 1 atom stereocenters. The minimum Gasteiger partial charge on any atom is -0.480 e. The minimum atomic E-state index is -2.84. The van der Waals surface area contributed by atoms with Gasteiger partial charge in [-0.2, -0.15) is 0 Å². The van der Waals surface area contributed by atoms with E-state index in [-0.39, 0.29) is 29.2 Å². The summed E-state index contributed by atoms with van der Waals surface area (Å²) in [6.45, 7) is 3.58. The van der Waals surface area contributed by atoms with Crippen molar-refractivity contribution < 1.29 is 32.5 Å². The van der Waals surface area contributed by atoms with Gasteiger partial charge in [0.2, 0.25) is 5.88 Å². The Morgan fingerprint density at radius 1 is 1.12 bits per heavy atom. The summed E-state index contributed by atoms with van der Waals surface area (Å²) in [5.74, 6) is 0.640. The zero-order chi connectivity index (χ0) is 28.8. The SMILES string of the molecule is COc1cnc2c(-c3nc4c(C(F)F)cc5c(c4s3)OC[C@@H](OC(=O)N(C)c3ccc(C)nc3)O5)cc(C)cc2n1. The fourth-order valence-corrected chi connectivity index (χ4v) is 5.52. The molecule has 0 N–H and O–H groups in total. The monoisotopic (exact) mass is 579 g/mol. The highest BCUT2D eigenvalue weighted by Crippen LogP contribution is 2.48. The van der Waals surface area contributed by atoms with Crippen molar-refractivity contribution in [2.24, 2.45) is 0 Å². The largest absolute Gasteiger partial charge is 0.480 e. The van der Waals surface area contributed by atoms with Gasteiger partial charge >= 0.3 is 6.09 Å². The van der Waals surface area contributed by atoms with Crippen molar-refractivity contribution in [1.82, 2.24) is 19.9 Å². The molecule has 1 amide bonds. The Labute approximate surface area is 236 Å². The number of fused-ring (bicyclic) bond motifs is 4. The van der Waals surface area contributed by atoms with Gasteiger partial charge < -0.3 is 18.9 Å². The number of halogens is 2. The summed E-state index contributed by atoms with van der Waals surface area (Å²) in [5.41, 5.74) is 3.76. The van der Waals surface area contributed by atoms with Crippen LogP contribution >= 0.6 is 11.3 Å². The predicted octanol–water partition coefficient (Wildman–Crippen LogP) is 6.23. The quantitative estimate of drug-likeness (QED) is 0.239. The second-order valence-corrected chi connectivity index (χ2v) is 10.3. The van der Waals surface area contributed by atoms with E-state index in [1.807, 2.05) is 26.0 Å². The lowest BCUT2D eigenvalue weighted by molar-refractivity contribution is -0.0719. The van der Waals surface area contributed by atoms with Gasteiger partial charge in [-0.15, -0.1) is 11.3 Å². The van der Waals surface area contributed by atoms with E-state index in [4.69, 9.17) is 18.9 Å². The van der Waals surface area contributed by atoms with E-state index in [9.17, 15) is 13.6 Å². The number of rotatable bonds is 5. The van der Waals surface area contributed by atoms with Crippen LogP contribution < -0.4 is 19.1 Å². The van der Waals surface area contributed by atoms with Crippen LogP contribution in [-0.4, -0.2) is 53.1 Å². The summed E-state index contributed by atoms with van der Waals surface area (Å²) in [6.07, 6.45) is -1.69. The molecular weight excluding hydrogens is 556 g/mol. The topological polar surface area (TPSA) is 109 Å². The molecule has 2 aromatic carbocycles. The van der Waals surface area contributed by atoms with Crippen LogP contribution in [-0.2, 0) is 4.74 Å². The smallest absolute Gasteiger partial charge is 0.417 e. The fraction of sp³-hybridized carbons (Fsp3) is 0.250. The van der Waals surface area contributed by atoms with Crippen molar-refractivity contribution in [3.63, 3.8) is 0 Å². The molecule has 10 nitrogen and oxygen atoms in total. The van der Waals surface area contributed by atoms with Crippen molar-refractivity contribution in [3.05, 3.63) is 59.5 Å². The van der Waals surface area contributed by atoms with E-state index in [1.165, 1.54) is 48.9 Å². The highest BCUT2D eigenvalue weighted by molar-refractivity contribution is 7.22. The third-order valence-electron chi connectivity index (χ3n) is 6.47. The number of anilines is 1. The first-order valence-electron chi connectivity index (χ1n) is 12.5. The second kappa shape index (κ2) is 10.4. The number of thiazole rings is 1. The van der Waals surface area contributed by atoms with E-state index < -0.39 is 18.8 Å². The molecule has 6 rings (SSSR count). The first-order chi connectivity index (χ1) is 19.7. The predicted molar refractivity (Wildman–Crippen MR) is 148 cm³/mol. The standard InChI is InChI=1S/C28H23F2N5O5S/c1-13-7-17(22-18(8-13)33-20(37-4)11-32-22)27-34-23-16(26(29)30)9-19-24(25(23)41-27)38-12-21(39-19)40-28(36)35(3)15-6-5-14(2)31-10-15/h5-11,21,26H,12H2,1-4H3/t21-/m1/s1. The third-order valence-corrected chi connectivity index (χ3v) is 7.56. The van der Waals surface area contributed by atoms with Crippen molar-refractivity contribution >= 4 is 44.4 Å². The molecule has 1 aliphatic heterocycles. The van der Waals surface area contributed by atoms with E-state index in [1.54, 1.807) is 12.1 Å². The Kier molecular flexibility index (Phi) is 6.73. The number of methoxy groups -OCH3 is 1. The van der Waals surface area contributed by atoms with Gasteiger partial charge in [-0.25, -0.2) is 28.5 Å². The number of benzene rings is 2. The second-order valence-electron chi connectivity index (χ2n) is 9.34. The Balaban J connectivity index is 1.35. The Hall–Kier alpha value is -4.65. The van der Waals surface area contributed by atoms with Crippen LogP contribution in [0.5, 0.6) is 17.4 Å². The number of aryl methyl sites for hydroxylation is 2. The summed E-state index contributed by atoms with van der Waals surface area (Å²) in [6, 6.07) is 8.41. The maximum absolute atomic E-state index is 14.2. The number of pyridine rings is 1. The van der Waals surface area contributed by atoms with Gasteiger partial charge in [-0.1, -0.05) is 0 Å². The first-order valence-corrected chi connectivity index (χ1v) is 13.3. The summed E-state index contributed by atoms with van der Waals surface area (Å²) in [4.78, 5) is 31.7. The molecule has 4 heterocycles. The summed E-state index contributed by atoms with van der Waals surface area (Å²) >= 11 is 1.18. The number of carbonyl (C=O) groups excluding carboxylic acids is 1. The molecule has 210 valence electrons. The lowest BCUT2D eigenvalue weighted by Crippen LogP contribution is -2.38. The average molecular weight is 580 g/mol. The molecule has 0 fully saturated rings. The van der Waals surface area contributed by atoms with E-state index in [0.717, 1.165) is 11.3 Å². The van der Waals surface area contributed by atoms with Crippen LogP contribution in [0.1, 0.15) is 23.2 Å². The van der Waals surface area contributed by atoms with E-state index in [2.05, 4.69) is 19.9 Å². The molecule has 0 unspecified atom stereocenters. The number of nitrogens with zero attached hydrogens (tertiary/aromatic N) is 5. The molecular formula is C28H23F2N5O5S. The van der Waals surface area contributed by atoms with Crippen LogP contribution in [0, 0.1) is 13.8 Å². The highest BCUT2D eigenvalue weighted by atomic mass is 32.1. The zero-order valence-corrected chi connectivity index (χ0v) is 23.2. The number of hydrogen-bond acceptors (Lipinski definition) is 10. The van der Waals surface area contributed by atoms with Gasteiger partial charge in [-0.05, 0) is 49.7 Å². The number of alkyl halides is 2. The number of carbonyl (C=O) groups is 1. The van der Waals surface area contributed by atoms with E-state index >= 15 is 0 Å². The zero-order valence-electron chi connectivity index (χ0n) is 22.3. The lowest BCUT2D eigenvalue weighted by Gasteiger charge is -2.28. The maximum atomic E-state index is 14.2. The first kappa shape index (κ1) is 26.6. The van der Waals surface area contributed by atoms with Gasteiger partial charge in [0.1, 0.15) is 9.71 Å². The molecule has 3 aromatic heterocycles. The molecule has 0 spiro atoms. The van der Waals surface area contributed by atoms with Gasteiger partial charge in [0.25, 0.3) is 12.7 Å². The van der Waals surface area contributed by atoms with Crippen molar-refractivity contribution in [3.8, 4) is 28.0 Å². The summed E-state index contributed by atoms with van der Waals surface area (Å²) in [7, 11) is 3.03. The molecule has 0 saturated carbocycles. The Morgan fingerprint density at radius 3 is 2.68 bits per heavy atom. The third kappa shape index (κ3) is 4.92. The van der Waals surface area contributed by atoms with Gasteiger partial charge in [0.05, 0.1) is 41.7 Å². The van der Waals surface area contributed by atoms with E-state index in [0.29, 0.717) is 37.9 Å². The Morgan fingerprint density at radius 2 is 1.95 bits per heavy atom. The molecule has 0 aliphatic carbocycles. The number of aromatic nitrogens is 4. The number of amides is 1. The molecule has 41 heavy (non-hydrogen) atoms. The molecule has 13 heteroatoms. The molecule has 1 aliphatic rings. The minimum absolute atomic E-state index is 0.0327. The van der Waals surface area contributed by atoms with Crippen LogP contribution in [0.25, 0.3) is 31.8 Å². The van der Waals surface area contributed by atoms with Gasteiger partial charge in [0, 0.05) is 23.9 Å². The molecule has 0 saturated heterocycles. The van der Waals surface area contributed by atoms with Gasteiger partial charge in [-0.3, -0.25) is 9.88 Å². The van der Waals surface area contributed by atoms with Crippen molar-refractivity contribution in [2.45, 2.75) is 26.6 Å². The molecule has 0 bridgehead atoms. The number of hydrogen-bond donors (Lipinski definition) is 0. The van der Waals surface area contributed by atoms with Gasteiger partial charge in [0.15, 0.2) is 18.1 Å². The van der Waals surface area contributed by atoms with Crippen LogP contribution in [0.15, 0.2) is 42.7 Å². The maximum Gasteiger partial charge on any atom is 0.417 e. The van der Waals surface area contributed by atoms with Crippen molar-refractivity contribution in [1.29, 1.82) is 0 Å². The number of ether oxygens (including phenoxy) is 4. The normalized spacial score (nSPS) is 14.5. The highest BCUT2D eigenvalue weighted by Gasteiger charge is 2.32. The summed E-state index contributed by atoms with van der Waals surface area (Å²) < 4.78 is 51.3. The van der Waals surface area contributed by atoms with Crippen molar-refractivity contribution in [2.75, 3.05) is 25.7 Å². The average Bonchev–Trinajstić information content (AvgIpc) is 3.41.